The largest absolute Gasteiger partial charge is 0.472 e. The van der Waals surface area contributed by atoms with E-state index >= 15 is 0 Å². The Morgan fingerprint density at radius 1 is 0.643 bits per heavy atom. The Balaban J connectivity index is 3.72. The van der Waals surface area contributed by atoms with Crippen molar-refractivity contribution < 1.29 is 37.6 Å². The summed E-state index contributed by atoms with van der Waals surface area (Å²) < 4.78 is 31.7. The SMILES string of the molecule is CCCCCCCCCCCCCCCCCCCCCCCC(=O)OC(COC(=O)CC)COP(=O)(O)OCCN. The van der Waals surface area contributed by atoms with Gasteiger partial charge in [-0.3, -0.25) is 18.6 Å². The number of rotatable bonds is 32. The highest BCUT2D eigenvalue weighted by molar-refractivity contribution is 7.47. The molecule has 0 rings (SSSR count). The molecule has 0 aromatic carbocycles. The molecule has 0 amide bonds. The van der Waals surface area contributed by atoms with Gasteiger partial charge in [-0.05, 0) is 6.42 Å². The van der Waals surface area contributed by atoms with Gasteiger partial charge in [0.2, 0.25) is 0 Å². The fourth-order valence-electron chi connectivity index (χ4n) is 4.73. The fraction of sp³-hybridized carbons (Fsp3) is 0.938. The van der Waals surface area contributed by atoms with E-state index in [1.807, 2.05) is 0 Å². The summed E-state index contributed by atoms with van der Waals surface area (Å²) in [6.45, 7) is 3.14. The number of ether oxygens (including phenoxy) is 2. The molecule has 250 valence electrons. The van der Waals surface area contributed by atoms with Gasteiger partial charge in [0, 0.05) is 19.4 Å². The summed E-state index contributed by atoms with van der Waals surface area (Å²) in [6, 6.07) is 0. The van der Waals surface area contributed by atoms with E-state index in [-0.39, 0.29) is 32.6 Å². The van der Waals surface area contributed by atoms with Gasteiger partial charge in [0.05, 0.1) is 13.2 Å². The predicted octanol–water partition coefficient (Wildman–Crippen LogP) is 8.55. The van der Waals surface area contributed by atoms with Gasteiger partial charge in [-0.2, -0.15) is 0 Å². The fourth-order valence-corrected chi connectivity index (χ4v) is 5.50. The van der Waals surface area contributed by atoms with Gasteiger partial charge in [0.15, 0.2) is 6.10 Å². The van der Waals surface area contributed by atoms with Crippen molar-refractivity contribution >= 4 is 19.8 Å². The highest BCUT2D eigenvalue weighted by atomic mass is 31.2. The quantitative estimate of drug-likeness (QED) is 0.0430. The summed E-state index contributed by atoms with van der Waals surface area (Å²) in [6.07, 6.45) is 26.7. The minimum Gasteiger partial charge on any atom is -0.462 e. The number of carbonyl (C=O) groups is 2. The van der Waals surface area contributed by atoms with Gasteiger partial charge in [-0.25, -0.2) is 4.57 Å². The lowest BCUT2D eigenvalue weighted by Gasteiger charge is -2.19. The number of nitrogens with two attached hydrogens (primary N) is 1. The molecule has 3 N–H and O–H groups in total. The molecule has 10 heteroatoms. The van der Waals surface area contributed by atoms with Crippen LogP contribution in [-0.2, 0) is 32.7 Å². The van der Waals surface area contributed by atoms with Crippen LogP contribution in [0.15, 0.2) is 0 Å². The molecule has 0 aliphatic carbocycles. The first-order valence-electron chi connectivity index (χ1n) is 17.0. The van der Waals surface area contributed by atoms with E-state index in [0.29, 0.717) is 6.42 Å². The summed E-state index contributed by atoms with van der Waals surface area (Å²) >= 11 is 0. The van der Waals surface area contributed by atoms with Gasteiger partial charge in [0.25, 0.3) is 0 Å². The Hall–Kier alpha value is -0.990. The maximum atomic E-state index is 12.3. The molecule has 0 heterocycles. The maximum Gasteiger partial charge on any atom is 0.472 e. The van der Waals surface area contributed by atoms with Crippen LogP contribution in [0.25, 0.3) is 0 Å². The third kappa shape index (κ3) is 29.1. The molecule has 0 aromatic rings. The predicted molar refractivity (Wildman–Crippen MR) is 169 cm³/mol. The lowest BCUT2D eigenvalue weighted by molar-refractivity contribution is -0.161. The van der Waals surface area contributed by atoms with Crippen molar-refractivity contribution in [3.63, 3.8) is 0 Å². The summed E-state index contributed by atoms with van der Waals surface area (Å²) in [5, 5.41) is 0. The van der Waals surface area contributed by atoms with E-state index < -0.39 is 32.5 Å². The molecule has 42 heavy (non-hydrogen) atoms. The molecular weight excluding hydrogens is 557 g/mol. The van der Waals surface area contributed by atoms with Gasteiger partial charge < -0.3 is 20.1 Å². The van der Waals surface area contributed by atoms with Crippen LogP contribution in [-0.4, -0.2) is 49.3 Å². The molecule has 0 bridgehead atoms. The average molecular weight is 622 g/mol. The van der Waals surface area contributed by atoms with E-state index in [1.54, 1.807) is 6.92 Å². The van der Waals surface area contributed by atoms with Crippen LogP contribution in [0, 0.1) is 0 Å². The zero-order chi connectivity index (χ0) is 31.2. The average Bonchev–Trinajstić information content (AvgIpc) is 2.98. The monoisotopic (exact) mass is 621 g/mol. The highest BCUT2D eigenvalue weighted by Crippen LogP contribution is 2.43. The summed E-state index contributed by atoms with van der Waals surface area (Å²) in [7, 11) is -4.33. The Morgan fingerprint density at radius 2 is 1.07 bits per heavy atom. The van der Waals surface area contributed by atoms with E-state index in [1.165, 1.54) is 116 Å². The minimum atomic E-state index is -4.33. The second-order valence-corrected chi connectivity index (χ2v) is 12.8. The molecule has 0 saturated carbocycles. The standard InChI is InChI=1S/C32H64NO8P/c1-3-5-6-7-8-9-10-11-12-13-14-15-16-17-18-19-20-21-22-23-24-25-32(35)41-30(28-38-31(34)4-2)29-40-42(36,37)39-27-26-33/h30H,3-29,33H2,1-2H3,(H,36,37). The third-order valence-electron chi connectivity index (χ3n) is 7.30. The number of hydrogen-bond donors (Lipinski definition) is 2. The Kier molecular flexibility index (Phi) is 29.3. The van der Waals surface area contributed by atoms with E-state index in [2.05, 4.69) is 11.4 Å². The molecule has 0 radical (unpaired) electrons. The molecular formula is C32H64NO8P. The number of esters is 2. The molecule has 9 nitrogen and oxygen atoms in total. The molecule has 2 unspecified atom stereocenters. The highest BCUT2D eigenvalue weighted by Gasteiger charge is 2.25. The number of phosphoric ester groups is 1. The van der Waals surface area contributed by atoms with Crippen molar-refractivity contribution in [2.75, 3.05) is 26.4 Å². The summed E-state index contributed by atoms with van der Waals surface area (Å²) in [5.41, 5.74) is 5.26. The zero-order valence-corrected chi connectivity index (χ0v) is 27.9. The minimum absolute atomic E-state index is 0.0555. The van der Waals surface area contributed by atoms with Crippen LogP contribution in [0.2, 0.25) is 0 Å². The van der Waals surface area contributed by atoms with E-state index in [0.717, 1.165) is 12.8 Å². The molecule has 0 fully saturated rings. The molecule has 0 saturated heterocycles. The van der Waals surface area contributed by atoms with Gasteiger partial charge in [-0.15, -0.1) is 0 Å². The molecule has 0 spiro atoms. The maximum absolute atomic E-state index is 12.3. The van der Waals surface area contributed by atoms with Crippen molar-refractivity contribution in [3.8, 4) is 0 Å². The van der Waals surface area contributed by atoms with Crippen LogP contribution in [0.4, 0.5) is 0 Å². The Bertz CT molecular complexity index is 679. The number of phosphoric acid groups is 1. The van der Waals surface area contributed by atoms with Crippen molar-refractivity contribution in [1.29, 1.82) is 0 Å². The lowest BCUT2D eigenvalue weighted by Crippen LogP contribution is -2.29. The smallest absolute Gasteiger partial charge is 0.462 e. The van der Waals surface area contributed by atoms with Gasteiger partial charge in [-0.1, -0.05) is 142 Å². The normalized spacial score (nSPS) is 13.5. The van der Waals surface area contributed by atoms with Crippen LogP contribution < -0.4 is 5.73 Å². The van der Waals surface area contributed by atoms with E-state index in [4.69, 9.17) is 19.7 Å². The zero-order valence-electron chi connectivity index (χ0n) is 27.0. The first kappa shape index (κ1) is 41.0. The first-order chi connectivity index (χ1) is 20.3. The number of hydrogen-bond acceptors (Lipinski definition) is 8. The van der Waals surface area contributed by atoms with Crippen molar-refractivity contribution in [2.45, 2.75) is 168 Å². The lowest BCUT2D eigenvalue weighted by atomic mass is 10.0. The first-order valence-corrected chi connectivity index (χ1v) is 18.5. The van der Waals surface area contributed by atoms with Crippen molar-refractivity contribution in [1.82, 2.24) is 0 Å². The number of carbonyl (C=O) groups excluding carboxylic acids is 2. The van der Waals surface area contributed by atoms with Crippen LogP contribution >= 0.6 is 7.82 Å². The van der Waals surface area contributed by atoms with Crippen LogP contribution in [0.3, 0.4) is 0 Å². The van der Waals surface area contributed by atoms with Gasteiger partial charge in [0.1, 0.15) is 6.61 Å². The second-order valence-electron chi connectivity index (χ2n) is 11.4. The van der Waals surface area contributed by atoms with Gasteiger partial charge >= 0.3 is 19.8 Å². The van der Waals surface area contributed by atoms with Crippen LogP contribution in [0.5, 0.6) is 0 Å². The molecule has 0 aromatic heterocycles. The molecule has 2 atom stereocenters. The van der Waals surface area contributed by atoms with Crippen molar-refractivity contribution in [3.05, 3.63) is 0 Å². The van der Waals surface area contributed by atoms with Crippen LogP contribution in [0.1, 0.15) is 162 Å². The summed E-state index contributed by atoms with van der Waals surface area (Å²) in [5.74, 6) is -0.920. The molecule has 0 aliphatic heterocycles. The molecule has 0 aliphatic rings. The third-order valence-corrected chi connectivity index (χ3v) is 8.28. The van der Waals surface area contributed by atoms with E-state index in [9.17, 15) is 19.0 Å². The van der Waals surface area contributed by atoms with Crippen molar-refractivity contribution in [2.24, 2.45) is 5.73 Å². The summed E-state index contributed by atoms with van der Waals surface area (Å²) in [4.78, 5) is 33.4. The Morgan fingerprint density at radius 3 is 1.48 bits per heavy atom. The topological polar surface area (TPSA) is 134 Å². The Labute approximate surface area is 257 Å². The second kappa shape index (κ2) is 30.1. The number of unbranched alkanes of at least 4 members (excludes halogenated alkanes) is 20.